The molecule has 4 saturated heterocycles. The molecule has 0 aromatic heterocycles. The molecule has 0 saturated carbocycles. The molecule has 11 nitrogen and oxygen atoms in total. The minimum Gasteiger partial charge on any atom is -0.396 e. The number of hydrogen-bond donors (Lipinski definition) is 2. The summed E-state index contributed by atoms with van der Waals surface area (Å²) in [4.78, 5) is 34.5. The van der Waals surface area contributed by atoms with Crippen molar-refractivity contribution in [3.63, 3.8) is 0 Å². The second kappa shape index (κ2) is 46.4. The largest absolute Gasteiger partial charge is 0.396 e. The van der Waals surface area contributed by atoms with Crippen molar-refractivity contribution in [2.24, 2.45) is 23.5 Å². The van der Waals surface area contributed by atoms with Gasteiger partial charge in [0.1, 0.15) is 0 Å². The Morgan fingerprint density at radius 3 is 1.16 bits per heavy atom. The average molecular weight is 2060 g/mol. The number of carbonyl (C=O) groups excluding carboxylic acids is 2. The Balaban J connectivity index is 0.000000224. The van der Waals surface area contributed by atoms with Crippen LogP contribution in [0.25, 0.3) is 0 Å². The molecule has 7 atom stereocenters. The number of aliphatic hydroxyl groups is 1. The third-order valence-corrected chi connectivity index (χ3v) is 24.0. The maximum Gasteiger partial charge on any atom is 0.261 e. The summed E-state index contributed by atoms with van der Waals surface area (Å²) in [6, 6.07) is 70.6. The third-order valence-electron chi connectivity index (χ3n) is 19.4. The number of aliphatic hydroxyl groups excluding tert-OH is 1. The standard InChI is InChI=1S/C25H22Cl3NO2.C18H19Cl3N2.C18H18Cl3NO.C17H14Cl3NO.C6H5ClO2S.CH4.U.V.H2/c26-19-7-10-21(11-8-19)29-24(22-12-9-20(27)14-23(22)28)13-6-18(25(29)30)16-31-15-17-4-2-1-3-5-17;19-13-2-5-15(6-3-13)23-11-12(10-22)1-8-18(23)16-7-4-14(20)9-17(16)21;19-13-2-5-15(6-3-13)22-10-12(11-23)1-8-18(22)16-7-4-14(20)9-17(16)21;18-11-4-7-13(8-5-11)21-16(2-1-3-17(21)22)14-9-6-12(19)10-15(14)20;7-10(8,9)6-4-2-1-3-5-6;;;;/h1-5,7-12,14,18,24H,6,13,15-16H2;2-7,9,12,18H,1,8,10-11,22H2;2-7,9,12,18,23H,1,8,10-11H2;4-10,16H,1-3H2;1-5H;1H4;;;1H/t18-,24-;12-,18-;12-,18+;;;;;;/m001....../s1/i;;;;;;;;1+2. The van der Waals surface area contributed by atoms with E-state index in [1.54, 1.807) is 60.7 Å². The molecule has 112 heavy (non-hydrogen) atoms. The number of piperidine rings is 4. The van der Waals surface area contributed by atoms with Gasteiger partial charge >= 0.3 is 0 Å². The topological polar surface area (TPSA) is 137 Å². The Bertz CT molecular complexity index is 4660. The number of ether oxygens (including phenoxy) is 1. The SMILES string of the molecule is C.NC[C@@H]1CC[C@@H](c2ccc(Cl)cc2Cl)N(c2ccc(Cl)cc2)C1.O=C1CCCC(c2ccc(Cl)cc2Cl)N1c1ccc(Cl)cc1.O=C1[C@H](COCc2ccccc2)CC[C@@H](c2ccc(Cl)cc2Cl)N1c1ccc(Cl)cc1.O=S(=O)(Cl)c1ccccc1.OC[C@@H]1CC[C@@H](c2ccc(Cl)cc2Cl)N(c2ccc(Cl)cc2)C1.[3HH].[U].[V]. The monoisotopic (exact) mass is 2050 g/mol. The van der Waals surface area contributed by atoms with E-state index in [4.69, 9.17) is 160 Å². The van der Waals surface area contributed by atoms with Crippen molar-refractivity contribution in [2.75, 3.05) is 52.4 Å². The molecule has 4 aliphatic rings. The Kier molecular flexibility index (Phi) is 39.4. The second-order valence-corrected chi connectivity index (χ2v) is 34.3. The van der Waals surface area contributed by atoms with Crippen molar-refractivity contribution < 1.29 is 78.9 Å². The van der Waals surface area contributed by atoms with E-state index in [9.17, 15) is 23.1 Å². The van der Waals surface area contributed by atoms with Crippen LogP contribution in [0.15, 0.2) is 235 Å². The van der Waals surface area contributed by atoms with Crippen LogP contribution in [0.5, 0.6) is 0 Å². The number of amides is 2. The summed E-state index contributed by atoms with van der Waals surface area (Å²) in [5, 5.41) is 17.3. The minimum absolute atomic E-state index is 0. The van der Waals surface area contributed by atoms with E-state index in [0.717, 1.165) is 120 Å². The predicted molar refractivity (Wildman–Crippen MR) is 465 cm³/mol. The molecule has 0 aliphatic carbocycles. The third kappa shape index (κ3) is 26.7. The Morgan fingerprint density at radius 2 is 0.777 bits per heavy atom. The van der Waals surface area contributed by atoms with E-state index in [1.165, 1.54) is 12.1 Å². The van der Waals surface area contributed by atoms with Crippen molar-refractivity contribution in [3.05, 3.63) is 319 Å². The van der Waals surface area contributed by atoms with Crippen molar-refractivity contribution in [3.8, 4) is 0 Å². The maximum absolute atomic E-state index is 13.6. The summed E-state index contributed by atoms with van der Waals surface area (Å²) < 4.78 is 27.1. The molecular weight excluding hydrogens is 1970 g/mol. The van der Waals surface area contributed by atoms with Gasteiger partial charge in [-0.3, -0.25) is 9.59 Å². The number of hydrogen-bond acceptors (Lipinski definition) is 9. The minimum atomic E-state index is -3.53. The van der Waals surface area contributed by atoms with Gasteiger partial charge in [0.05, 0.1) is 48.2 Å². The van der Waals surface area contributed by atoms with Crippen LogP contribution >= 0.6 is 150 Å². The number of halogens is 13. The number of nitrogens with zero attached hydrogens (tertiary/aromatic N) is 4. The molecule has 0 spiro atoms. The number of benzene rings is 10. The van der Waals surface area contributed by atoms with Gasteiger partial charge in [0.25, 0.3) is 9.05 Å². The smallest absolute Gasteiger partial charge is 0.261 e. The van der Waals surface area contributed by atoms with Crippen molar-refractivity contribution in [1.82, 2.24) is 0 Å². The second-order valence-electron chi connectivity index (χ2n) is 26.6. The summed E-state index contributed by atoms with van der Waals surface area (Å²) in [7, 11) is 1.50. The molecule has 14 rings (SSSR count). The molecule has 3 N–H and O–H groups in total. The first-order valence-corrected chi connectivity index (χ1v) is 42.1. The molecule has 10 aromatic rings. The van der Waals surface area contributed by atoms with E-state index in [2.05, 4.69) is 21.9 Å². The first kappa shape index (κ1) is 95.1. The molecular formula is C85H84Cl13N5O6SUV. The molecule has 2 amide bonds. The quantitative estimate of drug-likeness (QED) is 0.0961. The van der Waals surface area contributed by atoms with Crippen LogP contribution in [0, 0.1) is 48.9 Å². The number of nitrogens with two attached hydrogens (primary N) is 1. The van der Waals surface area contributed by atoms with Gasteiger partial charge in [-0.1, -0.05) is 219 Å². The molecule has 0 bridgehead atoms. The first-order valence-electron chi connectivity index (χ1n) is 35.3. The molecule has 4 fully saturated rings. The molecule has 4 aliphatic heterocycles. The van der Waals surface area contributed by atoms with Crippen LogP contribution in [0.2, 0.25) is 60.3 Å². The van der Waals surface area contributed by atoms with Gasteiger partial charge in [-0.25, -0.2) is 8.42 Å². The van der Waals surface area contributed by atoms with Crippen LogP contribution in [-0.2, 0) is 48.5 Å². The summed E-state index contributed by atoms with van der Waals surface area (Å²) >= 11 is 73.9. The van der Waals surface area contributed by atoms with E-state index in [0.29, 0.717) is 87.3 Å². The molecule has 1 unspecified atom stereocenters. The molecule has 27 heteroatoms. The van der Waals surface area contributed by atoms with Crippen LogP contribution in [0.4, 0.5) is 22.7 Å². The zero-order valence-corrected chi connectivity index (χ0v) is 75.9. The van der Waals surface area contributed by atoms with Gasteiger partial charge in [0.15, 0.2) is 0 Å². The van der Waals surface area contributed by atoms with Gasteiger partial charge in [0.2, 0.25) is 11.8 Å². The van der Waals surface area contributed by atoms with E-state index in [-0.39, 0.29) is 118 Å². The van der Waals surface area contributed by atoms with E-state index < -0.39 is 9.05 Å². The molecule has 4 heterocycles. The van der Waals surface area contributed by atoms with Crippen LogP contribution in [0.3, 0.4) is 0 Å². The van der Waals surface area contributed by atoms with Crippen molar-refractivity contribution in [1.29, 1.82) is 0 Å². The summed E-state index contributed by atoms with van der Waals surface area (Å²) in [6.45, 7) is 3.47. The van der Waals surface area contributed by atoms with E-state index in [1.807, 2.05) is 155 Å². The Hall–Kier alpha value is -4.02. The van der Waals surface area contributed by atoms with Crippen molar-refractivity contribution >= 4 is 194 Å². The summed E-state index contributed by atoms with van der Waals surface area (Å²) in [5.41, 5.74) is 14.9. The van der Waals surface area contributed by atoms with Gasteiger partial charge in [-0.05, 0) is 255 Å². The Morgan fingerprint density at radius 1 is 0.429 bits per heavy atom. The van der Waals surface area contributed by atoms with Crippen LogP contribution in [0.1, 0.15) is 119 Å². The fourth-order valence-corrected chi connectivity index (χ4v) is 17.3. The van der Waals surface area contributed by atoms with Gasteiger partial charge in [0, 0.05) is 171 Å². The maximum atomic E-state index is 13.6. The predicted octanol–water partition coefficient (Wildman–Crippen LogP) is 26.9. The fourth-order valence-electron chi connectivity index (χ4n) is 13.9. The number of carbonyl (C=O) groups is 2. The average Bonchev–Trinajstić information content (AvgIpc) is 0.792. The summed E-state index contributed by atoms with van der Waals surface area (Å²) in [6.07, 6.45) is 7.80. The normalized spacial score (nSPS) is 18.7. The van der Waals surface area contributed by atoms with E-state index >= 15 is 0 Å². The van der Waals surface area contributed by atoms with Crippen molar-refractivity contribution in [2.45, 2.75) is 101 Å². The number of anilines is 4. The molecule has 1 radical (unpaired) electrons. The summed E-state index contributed by atoms with van der Waals surface area (Å²) in [5.74, 6) is 0.671. The first-order chi connectivity index (χ1) is 52.3. The van der Waals surface area contributed by atoms with Gasteiger partial charge in [-0.2, -0.15) is 0 Å². The number of rotatable bonds is 15. The van der Waals surface area contributed by atoms with Gasteiger partial charge < -0.3 is 35.2 Å². The zero-order valence-electron chi connectivity index (χ0n) is 59.7. The van der Waals surface area contributed by atoms with Gasteiger partial charge in [-0.15, -0.1) is 0 Å². The van der Waals surface area contributed by atoms with Crippen LogP contribution in [-0.4, -0.2) is 58.2 Å². The molecule has 10 aromatic carbocycles. The fraction of sp³-hybridized carbons (Fsp3) is 0.271. The molecule has 591 valence electrons. The van der Waals surface area contributed by atoms with Crippen LogP contribution < -0.4 is 25.3 Å². The zero-order chi connectivity index (χ0) is 77.9. The Labute approximate surface area is 759 Å².